The maximum absolute atomic E-state index is 14.9. The van der Waals surface area contributed by atoms with Gasteiger partial charge >= 0.3 is 0 Å². The number of imidazole rings is 1. The van der Waals surface area contributed by atoms with Crippen LogP contribution in [0.3, 0.4) is 0 Å². The zero-order valence-electron chi connectivity index (χ0n) is 17.7. The van der Waals surface area contributed by atoms with E-state index in [-0.39, 0.29) is 10.8 Å². The van der Waals surface area contributed by atoms with E-state index in [2.05, 4.69) is 24.3 Å². The third kappa shape index (κ3) is 4.45. The van der Waals surface area contributed by atoms with Crippen molar-refractivity contribution in [1.82, 2.24) is 28.9 Å². The molecule has 0 aliphatic heterocycles. The van der Waals surface area contributed by atoms with Crippen molar-refractivity contribution in [3.8, 4) is 22.8 Å². The second kappa shape index (κ2) is 8.91. The van der Waals surface area contributed by atoms with Gasteiger partial charge in [-0.3, -0.25) is 0 Å². The van der Waals surface area contributed by atoms with Crippen LogP contribution in [0.5, 0.6) is 11.5 Å². The lowest BCUT2D eigenvalue weighted by atomic mass is 10.1. The molecule has 5 rings (SSSR count). The van der Waals surface area contributed by atoms with Gasteiger partial charge in [0.05, 0.1) is 6.33 Å². The van der Waals surface area contributed by atoms with Crippen LogP contribution < -0.4 is 4.74 Å². The molecule has 3 heterocycles. The topological polar surface area (TPSA) is 113 Å². The van der Waals surface area contributed by atoms with Gasteiger partial charge in [0.15, 0.2) is 27.1 Å². The number of sulfone groups is 1. The molecule has 0 saturated carbocycles. The lowest BCUT2D eigenvalue weighted by Crippen LogP contribution is -2.08. The largest absolute Gasteiger partial charge is 0.453 e. The van der Waals surface area contributed by atoms with Crippen LogP contribution >= 0.6 is 23.1 Å². The van der Waals surface area contributed by atoms with E-state index in [1.54, 1.807) is 24.0 Å². The Balaban J connectivity index is 1.54. The molecule has 0 fully saturated rings. The van der Waals surface area contributed by atoms with Crippen LogP contribution in [-0.4, -0.2) is 37.3 Å². The fraction of sp³-hybridized carbons (Fsp3) is 0.0952. The molecule has 0 unspecified atom stereocenters. The smallest absolute Gasteiger partial charge is 0.187 e. The van der Waals surface area contributed by atoms with Gasteiger partial charge in [0.25, 0.3) is 0 Å². The highest BCUT2D eigenvalue weighted by Gasteiger charge is 2.25. The zero-order valence-corrected chi connectivity index (χ0v) is 20.1. The van der Waals surface area contributed by atoms with Crippen LogP contribution in [0.2, 0.25) is 5.02 Å². The summed E-state index contributed by atoms with van der Waals surface area (Å²) in [6.45, 7) is 0. The summed E-state index contributed by atoms with van der Waals surface area (Å²) in [5, 5.41) is 0.501. The predicted molar refractivity (Wildman–Crippen MR) is 124 cm³/mol. The van der Waals surface area contributed by atoms with E-state index in [1.165, 1.54) is 24.8 Å². The maximum Gasteiger partial charge on any atom is 0.187 e. The normalized spacial score (nSPS) is 11.8. The molecular weight excluding hydrogens is 522 g/mol. The Morgan fingerprint density at radius 2 is 1.86 bits per heavy atom. The van der Waals surface area contributed by atoms with Crippen molar-refractivity contribution >= 4 is 44.1 Å². The molecule has 0 aliphatic carbocycles. The number of nitrogens with zero attached hydrogens (tertiary/aromatic N) is 6. The van der Waals surface area contributed by atoms with E-state index in [0.29, 0.717) is 39.6 Å². The van der Waals surface area contributed by atoms with Crippen LogP contribution in [0, 0.1) is 11.6 Å². The van der Waals surface area contributed by atoms with Gasteiger partial charge in [0.1, 0.15) is 51.1 Å². The van der Waals surface area contributed by atoms with Crippen LogP contribution in [-0.2, 0) is 22.6 Å². The molecule has 9 nitrogen and oxygen atoms in total. The summed E-state index contributed by atoms with van der Waals surface area (Å²) in [7, 11) is -2.45. The second-order valence-electron chi connectivity index (χ2n) is 7.30. The molecule has 5 aromatic rings. The molecule has 178 valence electrons. The summed E-state index contributed by atoms with van der Waals surface area (Å²) in [5.41, 5.74) is 1.72. The van der Waals surface area contributed by atoms with Crippen molar-refractivity contribution in [2.24, 2.45) is 7.05 Å². The van der Waals surface area contributed by atoms with E-state index in [9.17, 15) is 17.2 Å². The number of rotatable bonds is 6. The van der Waals surface area contributed by atoms with E-state index in [0.717, 1.165) is 11.5 Å². The van der Waals surface area contributed by atoms with Crippen molar-refractivity contribution in [3.63, 3.8) is 0 Å². The van der Waals surface area contributed by atoms with Gasteiger partial charge < -0.3 is 9.30 Å². The highest BCUT2D eigenvalue weighted by molar-refractivity contribution is 7.90. The minimum absolute atomic E-state index is 0.0998. The van der Waals surface area contributed by atoms with Crippen molar-refractivity contribution < 1.29 is 21.9 Å². The van der Waals surface area contributed by atoms with Gasteiger partial charge in [-0.1, -0.05) is 11.6 Å². The first-order valence-electron chi connectivity index (χ1n) is 9.80. The summed E-state index contributed by atoms with van der Waals surface area (Å²) in [4.78, 5) is 15.7. The monoisotopic (exact) mass is 534 g/mol. The molecule has 0 saturated heterocycles. The van der Waals surface area contributed by atoms with E-state index >= 15 is 0 Å². The number of benzene rings is 2. The molecule has 0 amide bonds. The number of aromatic nitrogens is 6. The molecule has 2 aromatic carbocycles. The highest BCUT2D eigenvalue weighted by atomic mass is 35.5. The van der Waals surface area contributed by atoms with Gasteiger partial charge in [-0.15, -0.1) is 0 Å². The number of ether oxygens (including phenoxy) is 1. The van der Waals surface area contributed by atoms with Crippen molar-refractivity contribution in [3.05, 3.63) is 71.0 Å². The minimum Gasteiger partial charge on any atom is -0.453 e. The molecule has 0 N–H and O–H groups in total. The summed E-state index contributed by atoms with van der Waals surface area (Å²) in [6.07, 6.45) is 4.08. The summed E-state index contributed by atoms with van der Waals surface area (Å²) in [5.74, 6) is -3.27. The van der Waals surface area contributed by atoms with E-state index < -0.39 is 37.9 Å². The molecule has 0 spiro atoms. The third-order valence-electron chi connectivity index (χ3n) is 4.96. The Hall–Kier alpha value is -3.55. The average molecular weight is 535 g/mol. The van der Waals surface area contributed by atoms with Gasteiger partial charge in [0, 0.05) is 23.7 Å². The Labute approximate surface area is 206 Å². The molecule has 0 bridgehead atoms. The average Bonchev–Trinajstić information content (AvgIpc) is 3.46. The second-order valence-corrected chi connectivity index (χ2v) is 10.6. The number of halogens is 3. The predicted octanol–water partition coefficient (Wildman–Crippen LogP) is 4.58. The van der Waals surface area contributed by atoms with Crippen molar-refractivity contribution in [2.75, 3.05) is 0 Å². The van der Waals surface area contributed by atoms with Crippen molar-refractivity contribution in [2.45, 2.75) is 10.6 Å². The van der Waals surface area contributed by atoms with Gasteiger partial charge in [-0.25, -0.2) is 37.1 Å². The summed E-state index contributed by atoms with van der Waals surface area (Å²) < 4.78 is 66.1. The number of hydrogen-bond donors (Lipinski definition) is 0. The molecule has 35 heavy (non-hydrogen) atoms. The summed E-state index contributed by atoms with van der Waals surface area (Å²) >= 11 is 7.03. The number of aryl methyl sites for hydroxylation is 1. The Morgan fingerprint density at radius 3 is 2.63 bits per heavy atom. The first-order chi connectivity index (χ1) is 16.7. The zero-order chi connectivity index (χ0) is 24.7. The van der Waals surface area contributed by atoms with Crippen molar-refractivity contribution in [1.29, 1.82) is 0 Å². The summed E-state index contributed by atoms with van der Waals surface area (Å²) in [6, 6.07) is 5.77. The minimum atomic E-state index is -4.21. The lowest BCUT2D eigenvalue weighted by Gasteiger charge is -2.13. The SMILES string of the molecule is Cn1cnc2c(-c3cc(Cl)ccc3Oc3cc(F)c(S(=O)(=O)Cc4ncns4)cc3F)ncnc21. The Bertz CT molecular complexity index is 1680. The first-order valence-corrected chi connectivity index (χ1v) is 12.6. The van der Waals surface area contributed by atoms with Crippen LogP contribution in [0.1, 0.15) is 5.01 Å². The molecule has 0 aliphatic rings. The molecule has 0 radical (unpaired) electrons. The lowest BCUT2D eigenvalue weighted by molar-refractivity contribution is 0.433. The molecule has 14 heteroatoms. The fourth-order valence-electron chi connectivity index (χ4n) is 3.36. The quantitative estimate of drug-likeness (QED) is 0.311. The Morgan fingerprint density at radius 1 is 1.03 bits per heavy atom. The van der Waals surface area contributed by atoms with E-state index in [1.807, 2.05) is 0 Å². The van der Waals surface area contributed by atoms with Crippen LogP contribution in [0.4, 0.5) is 8.78 Å². The fourth-order valence-corrected chi connectivity index (χ4v) is 5.72. The van der Waals surface area contributed by atoms with E-state index in [4.69, 9.17) is 16.3 Å². The molecule has 0 atom stereocenters. The Kier molecular flexibility index (Phi) is 5.91. The number of hydrogen-bond acceptors (Lipinski definition) is 9. The standard InChI is InChI=1S/C21H13ClF2N6O3S2/c1-30-10-28-20-19(26-8-27-21(20)30)12-4-11(22)2-3-15(12)33-16-5-14(24)17(6-13(16)23)35(31,32)7-18-25-9-29-34-18/h2-6,8-10H,7H2,1H3. The van der Waals surface area contributed by atoms with Gasteiger partial charge in [-0.2, -0.15) is 4.37 Å². The highest BCUT2D eigenvalue weighted by Crippen LogP contribution is 2.38. The van der Waals surface area contributed by atoms with Crippen LogP contribution in [0.25, 0.3) is 22.4 Å². The van der Waals surface area contributed by atoms with Crippen LogP contribution in [0.15, 0.2) is 54.2 Å². The van der Waals surface area contributed by atoms with Gasteiger partial charge in [0.2, 0.25) is 0 Å². The number of fused-ring (bicyclic) bond motifs is 1. The molecule has 3 aromatic heterocycles. The molecular formula is C21H13ClF2N6O3S2. The van der Waals surface area contributed by atoms with Gasteiger partial charge in [-0.05, 0) is 35.8 Å². The maximum atomic E-state index is 14.9. The third-order valence-corrected chi connectivity index (χ3v) is 7.67. The first kappa shape index (κ1) is 23.2.